The summed E-state index contributed by atoms with van der Waals surface area (Å²) in [7, 11) is 0. The Morgan fingerprint density at radius 3 is 2.43 bits per heavy atom. The SMILES string of the molecule is CCOC(=O)C(=NNc1ccc(Cl)cc1)c1ccccc1. The number of hydrogen-bond acceptors (Lipinski definition) is 4. The van der Waals surface area contributed by atoms with Crippen molar-refractivity contribution in [3.05, 3.63) is 65.2 Å². The zero-order valence-corrected chi connectivity index (χ0v) is 12.3. The number of halogens is 1. The van der Waals surface area contributed by atoms with Gasteiger partial charge < -0.3 is 4.74 Å². The van der Waals surface area contributed by atoms with Gasteiger partial charge in [-0.2, -0.15) is 5.10 Å². The summed E-state index contributed by atoms with van der Waals surface area (Å²) in [5, 5.41) is 4.80. The van der Waals surface area contributed by atoms with Crippen LogP contribution in [0.3, 0.4) is 0 Å². The first-order valence-corrected chi connectivity index (χ1v) is 6.90. The summed E-state index contributed by atoms with van der Waals surface area (Å²) in [6, 6.07) is 16.2. The summed E-state index contributed by atoms with van der Waals surface area (Å²) in [6.07, 6.45) is 0. The molecule has 0 aromatic heterocycles. The summed E-state index contributed by atoms with van der Waals surface area (Å²) in [5.41, 5.74) is 4.49. The van der Waals surface area contributed by atoms with Crippen LogP contribution in [0.5, 0.6) is 0 Å². The Morgan fingerprint density at radius 1 is 1.14 bits per heavy atom. The zero-order chi connectivity index (χ0) is 15.1. The highest BCUT2D eigenvalue weighted by atomic mass is 35.5. The van der Waals surface area contributed by atoms with E-state index in [1.165, 1.54) is 0 Å². The predicted octanol–water partition coefficient (Wildman–Crippen LogP) is 3.72. The lowest BCUT2D eigenvalue weighted by atomic mass is 10.1. The fraction of sp³-hybridized carbons (Fsp3) is 0.125. The standard InChI is InChI=1S/C16H15ClN2O2/c1-2-21-16(20)15(12-6-4-3-5-7-12)19-18-14-10-8-13(17)9-11-14/h3-11,18H,2H2,1H3. The van der Waals surface area contributed by atoms with E-state index in [-0.39, 0.29) is 5.71 Å². The molecule has 2 aromatic carbocycles. The third kappa shape index (κ3) is 4.33. The van der Waals surface area contributed by atoms with E-state index in [2.05, 4.69) is 10.5 Å². The molecule has 0 unspecified atom stereocenters. The van der Waals surface area contributed by atoms with Gasteiger partial charge in [0.2, 0.25) is 0 Å². The van der Waals surface area contributed by atoms with Gasteiger partial charge in [0.05, 0.1) is 12.3 Å². The molecule has 0 fully saturated rings. The number of nitrogens with zero attached hydrogens (tertiary/aromatic N) is 1. The van der Waals surface area contributed by atoms with Gasteiger partial charge in [0, 0.05) is 10.6 Å². The number of ether oxygens (including phenoxy) is 1. The molecule has 0 amide bonds. The normalized spacial score (nSPS) is 11.0. The average Bonchev–Trinajstić information content (AvgIpc) is 2.51. The van der Waals surface area contributed by atoms with Crippen LogP contribution in [0, 0.1) is 0 Å². The number of carbonyl (C=O) groups excluding carboxylic acids is 1. The van der Waals surface area contributed by atoms with E-state index in [9.17, 15) is 4.79 Å². The van der Waals surface area contributed by atoms with Crippen LogP contribution in [0.1, 0.15) is 12.5 Å². The Bertz CT molecular complexity index is 624. The molecule has 0 atom stereocenters. The van der Waals surface area contributed by atoms with Gasteiger partial charge in [-0.3, -0.25) is 5.43 Å². The maximum Gasteiger partial charge on any atom is 0.359 e. The first-order chi connectivity index (χ1) is 10.2. The molecule has 108 valence electrons. The molecule has 0 aliphatic heterocycles. The van der Waals surface area contributed by atoms with Gasteiger partial charge in [0.1, 0.15) is 0 Å². The number of hydrazone groups is 1. The number of hydrogen-bond donors (Lipinski definition) is 1. The lowest BCUT2D eigenvalue weighted by Crippen LogP contribution is -2.20. The molecule has 0 saturated heterocycles. The molecule has 0 saturated carbocycles. The molecule has 2 rings (SSSR count). The van der Waals surface area contributed by atoms with Gasteiger partial charge >= 0.3 is 5.97 Å². The number of anilines is 1. The fourth-order valence-corrected chi connectivity index (χ4v) is 1.79. The Kier molecular flexibility index (Phi) is 5.35. The highest BCUT2D eigenvalue weighted by molar-refractivity contribution is 6.43. The average molecular weight is 303 g/mol. The molecule has 0 bridgehead atoms. The Hall–Kier alpha value is -2.33. The maximum absolute atomic E-state index is 12.0. The van der Waals surface area contributed by atoms with Crippen molar-refractivity contribution in [2.24, 2.45) is 5.10 Å². The second-order valence-electron chi connectivity index (χ2n) is 4.17. The van der Waals surface area contributed by atoms with Crippen LogP contribution >= 0.6 is 11.6 Å². The fourth-order valence-electron chi connectivity index (χ4n) is 1.67. The second-order valence-corrected chi connectivity index (χ2v) is 4.60. The predicted molar refractivity (Wildman–Crippen MR) is 84.7 cm³/mol. The van der Waals surface area contributed by atoms with Crippen LogP contribution in [-0.2, 0) is 9.53 Å². The van der Waals surface area contributed by atoms with Crippen LogP contribution in [0.4, 0.5) is 5.69 Å². The zero-order valence-electron chi connectivity index (χ0n) is 11.5. The van der Waals surface area contributed by atoms with Crippen molar-refractivity contribution in [3.8, 4) is 0 Å². The van der Waals surface area contributed by atoms with E-state index in [0.29, 0.717) is 17.2 Å². The first kappa shape index (κ1) is 15.1. The van der Waals surface area contributed by atoms with Crippen LogP contribution < -0.4 is 5.43 Å². The minimum atomic E-state index is -0.467. The van der Waals surface area contributed by atoms with Crippen molar-refractivity contribution < 1.29 is 9.53 Å². The molecular formula is C16H15ClN2O2. The molecule has 0 radical (unpaired) electrons. The molecule has 21 heavy (non-hydrogen) atoms. The smallest absolute Gasteiger partial charge is 0.359 e. The molecule has 4 nitrogen and oxygen atoms in total. The maximum atomic E-state index is 12.0. The third-order valence-electron chi connectivity index (χ3n) is 2.66. The Morgan fingerprint density at radius 2 is 1.81 bits per heavy atom. The van der Waals surface area contributed by atoms with E-state index in [1.54, 1.807) is 43.3 Å². The van der Waals surface area contributed by atoms with Crippen molar-refractivity contribution in [1.82, 2.24) is 0 Å². The van der Waals surface area contributed by atoms with Crippen LogP contribution in [0.25, 0.3) is 0 Å². The molecule has 1 N–H and O–H groups in total. The molecule has 0 aliphatic rings. The lowest BCUT2D eigenvalue weighted by molar-refractivity contribution is -0.134. The van der Waals surface area contributed by atoms with Crippen molar-refractivity contribution in [3.63, 3.8) is 0 Å². The molecular weight excluding hydrogens is 288 g/mol. The first-order valence-electron chi connectivity index (χ1n) is 6.52. The van der Waals surface area contributed by atoms with Crippen LogP contribution in [0.2, 0.25) is 5.02 Å². The van der Waals surface area contributed by atoms with E-state index in [0.717, 1.165) is 5.69 Å². The quantitative estimate of drug-likeness (QED) is 0.520. The van der Waals surface area contributed by atoms with Gasteiger partial charge in [-0.15, -0.1) is 0 Å². The van der Waals surface area contributed by atoms with Gasteiger partial charge in [0.15, 0.2) is 5.71 Å². The highest BCUT2D eigenvalue weighted by Crippen LogP contribution is 2.14. The van der Waals surface area contributed by atoms with Crippen molar-refractivity contribution in [2.75, 3.05) is 12.0 Å². The third-order valence-corrected chi connectivity index (χ3v) is 2.91. The number of rotatable bonds is 5. The summed E-state index contributed by atoms with van der Waals surface area (Å²) >= 11 is 5.82. The molecule has 0 spiro atoms. The molecule has 2 aromatic rings. The van der Waals surface area contributed by atoms with Crippen molar-refractivity contribution >= 4 is 29.0 Å². The number of nitrogens with one attached hydrogen (secondary N) is 1. The number of carbonyl (C=O) groups is 1. The number of benzene rings is 2. The summed E-state index contributed by atoms with van der Waals surface area (Å²) in [5.74, 6) is -0.467. The summed E-state index contributed by atoms with van der Waals surface area (Å²) < 4.78 is 5.04. The van der Waals surface area contributed by atoms with Gasteiger partial charge in [0.25, 0.3) is 0 Å². The molecule has 5 heteroatoms. The molecule has 0 aliphatic carbocycles. The van der Waals surface area contributed by atoms with E-state index in [4.69, 9.17) is 16.3 Å². The van der Waals surface area contributed by atoms with Crippen LogP contribution in [-0.4, -0.2) is 18.3 Å². The number of esters is 1. The largest absolute Gasteiger partial charge is 0.461 e. The van der Waals surface area contributed by atoms with Gasteiger partial charge in [-0.05, 0) is 31.2 Å². The van der Waals surface area contributed by atoms with E-state index < -0.39 is 5.97 Å². The van der Waals surface area contributed by atoms with Gasteiger partial charge in [-0.25, -0.2) is 4.79 Å². The highest BCUT2D eigenvalue weighted by Gasteiger charge is 2.15. The lowest BCUT2D eigenvalue weighted by Gasteiger charge is -2.07. The van der Waals surface area contributed by atoms with Crippen LogP contribution in [0.15, 0.2) is 59.7 Å². The Labute approximate surface area is 128 Å². The molecule has 0 heterocycles. The van der Waals surface area contributed by atoms with E-state index >= 15 is 0 Å². The van der Waals surface area contributed by atoms with Crippen molar-refractivity contribution in [2.45, 2.75) is 6.92 Å². The monoisotopic (exact) mass is 302 g/mol. The summed E-state index contributed by atoms with van der Waals surface area (Å²) in [4.78, 5) is 12.0. The van der Waals surface area contributed by atoms with Crippen molar-refractivity contribution in [1.29, 1.82) is 0 Å². The minimum absolute atomic E-state index is 0.229. The summed E-state index contributed by atoms with van der Waals surface area (Å²) in [6.45, 7) is 2.05. The minimum Gasteiger partial charge on any atom is -0.461 e. The second kappa shape index (κ2) is 7.45. The topological polar surface area (TPSA) is 50.7 Å². The van der Waals surface area contributed by atoms with E-state index in [1.807, 2.05) is 18.2 Å². The van der Waals surface area contributed by atoms with Gasteiger partial charge in [-0.1, -0.05) is 41.9 Å². The Balaban J connectivity index is 2.24.